The highest BCUT2D eigenvalue weighted by Gasteiger charge is 2.16. The van der Waals surface area contributed by atoms with Gasteiger partial charge in [0.15, 0.2) is 0 Å². The molecule has 0 aromatic heterocycles. The number of amides is 1. The van der Waals surface area contributed by atoms with Gasteiger partial charge in [-0.15, -0.1) is 0 Å². The first-order chi connectivity index (χ1) is 9.78. The van der Waals surface area contributed by atoms with Crippen LogP contribution in [0.5, 0.6) is 0 Å². The lowest BCUT2D eigenvalue weighted by molar-refractivity contribution is -0.116. The number of hydrogen-bond acceptors (Lipinski definition) is 1. The Balaban J connectivity index is 1.77. The van der Waals surface area contributed by atoms with Crippen LogP contribution in [0.3, 0.4) is 0 Å². The fourth-order valence-electron chi connectivity index (χ4n) is 2.93. The van der Waals surface area contributed by atoms with Gasteiger partial charge >= 0.3 is 0 Å². The summed E-state index contributed by atoms with van der Waals surface area (Å²) in [6.07, 6.45) is 9.22. The van der Waals surface area contributed by atoms with Crippen LogP contribution in [-0.2, 0) is 11.2 Å². The van der Waals surface area contributed by atoms with Crippen molar-refractivity contribution < 1.29 is 4.79 Å². The number of halogens is 1. The van der Waals surface area contributed by atoms with E-state index in [2.05, 4.69) is 33.4 Å². The van der Waals surface area contributed by atoms with Crippen LogP contribution in [0.15, 0.2) is 24.3 Å². The smallest absolute Gasteiger partial charge is 0.224 e. The molecule has 0 radical (unpaired) electrons. The topological polar surface area (TPSA) is 29.1 Å². The van der Waals surface area contributed by atoms with Gasteiger partial charge in [-0.25, -0.2) is 0 Å². The molecule has 1 fully saturated rings. The lowest BCUT2D eigenvalue weighted by Crippen LogP contribution is -2.12. The predicted molar refractivity (Wildman–Crippen MR) is 88.4 cm³/mol. The maximum atomic E-state index is 12.0. The van der Waals surface area contributed by atoms with Crippen molar-refractivity contribution in [2.24, 2.45) is 5.92 Å². The molecule has 3 heteroatoms. The number of anilines is 1. The fourth-order valence-corrected chi connectivity index (χ4v) is 3.21. The van der Waals surface area contributed by atoms with Crippen molar-refractivity contribution in [2.45, 2.75) is 51.4 Å². The van der Waals surface area contributed by atoms with Crippen LogP contribution < -0.4 is 5.32 Å². The van der Waals surface area contributed by atoms with E-state index in [9.17, 15) is 4.79 Å². The molecule has 2 rings (SSSR count). The molecule has 0 bridgehead atoms. The van der Waals surface area contributed by atoms with E-state index in [0.717, 1.165) is 36.2 Å². The maximum Gasteiger partial charge on any atom is 0.224 e. The molecule has 20 heavy (non-hydrogen) atoms. The van der Waals surface area contributed by atoms with Gasteiger partial charge in [0.25, 0.3) is 0 Å². The van der Waals surface area contributed by atoms with E-state index in [0.29, 0.717) is 6.42 Å². The second-order valence-corrected chi connectivity index (χ2v) is 6.52. The molecule has 2 nitrogen and oxygen atoms in total. The Labute approximate surface area is 130 Å². The minimum absolute atomic E-state index is 0.162. The summed E-state index contributed by atoms with van der Waals surface area (Å²) in [7, 11) is 0. The van der Waals surface area contributed by atoms with Gasteiger partial charge in [-0.05, 0) is 42.9 Å². The number of carbonyl (C=O) groups is 1. The summed E-state index contributed by atoms with van der Waals surface area (Å²) in [4.78, 5) is 12.0. The second-order valence-electron chi connectivity index (χ2n) is 5.73. The predicted octanol–water partition coefficient (Wildman–Crippen LogP) is 4.92. The molecule has 110 valence electrons. The Morgan fingerprint density at radius 2 is 2.10 bits per heavy atom. The number of rotatable bonds is 7. The van der Waals surface area contributed by atoms with E-state index in [1.807, 2.05) is 12.1 Å². The SMILES string of the molecule is O=C(CCC1CCCC1)Nc1cccc(CCCBr)c1. The van der Waals surface area contributed by atoms with Gasteiger partial charge < -0.3 is 5.32 Å². The quantitative estimate of drug-likeness (QED) is 0.702. The van der Waals surface area contributed by atoms with E-state index in [1.165, 1.54) is 31.2 Å². The lowest BCUT2D eigenvalue weighted by Gasteiger charge is -2.10. The van der Waals surface area contributed by atoms with Crippen LogP contribution in [0.1, 0.15) is 50.5 Å². The first-order valence-corrected chi connectivity index (χ1v) is 8.85. The first kappa shape index (κ1) is 15.6. The molecule has 1 aromatic rings. The Morgan fingerprint density at radius 1 is 1.30 bits per heavy atom. The zero-order valence-electron chi connectivity index (χ0n) is 12.0. The molecule has 1 aromatic carbocycles. The number of carbonyl (C=O) groups excluding carboxylic acids is 1. The average molecular weight is 338 g/mol. The third kappa shape index (κ3) is 5.28. The van der Waals surface area contributed by atoms with Gasteiger partial charge in [0.05, 0.1) is 0 Å². The molecule has 1 amide bonds. The standard InChI is InChI=1S/C17H24BrNO/c18-12-4-8-15-7-3-9-16(13-15)19-17(20)11-10-14-5-1-2-6-14/h3,7,9,13-14H,1-2,4-6,8,10-12H2,(H,19,20). The Bertz CT molecular complexity index is 427. The second kappa shape index (κ2) is 8.46. The molecule has 0 saturated heterocycles. The van der Waals surface area contributed by atoms with E-state index in [-0.39, 0.29) is 5.91 Å². The minimum atomic E-state index is 0.162. The summed E-state index contributed by atoms with van der Waals surface area (Å²) in [6.45, 7) is 0. The van der Waals surface area contributed by atoms with Gasteiger partial charge in [0.1, 0.15) is 0 Å². The van der Waals surface area contributed by atoms with Crippen molar-refractivity contribution in [3.8, 4) is 0 Å². The number of aryl methyl sites for hydroxylation is 1. The highest BCUT2D eigenvalue weighted by Crippen LogP contribution is 2.28. The summed E-state index contributed by atoms with van der Waals surface area (Å²) >= 11 is 3.45. The number of hydrogen-bond donors (Lipinski definition) is 1. The number of nitrogens with one attached hydrogen (secondary N) is 1. The highest BCUT2D eigenvalue weighted by molar-refractivity contribution is 9.09. The lowest BCUT2D eigenvalue weighted by atomic mass is 10.0. The maximum absolute atomic E-state index is 12.0. The molecule has 1 N–H and O–H groups in total. The molecule has 0 aliphatic heterocycles. The Morgan fingerprint density at radius 3 is 2.85 bits per heavy atom. The largest absolute Gasteiger partial charge is 0.326 e. The van der Waals surface area contributed by atoms with Gasteiger partial charge in [0.2, 0.25) is 5.91 Å². The van der Waals surface area contributed by atoms with Crippen LogP contribution >= 0.6 is 15.9 Å². The Hall–Kier alpha value is -0.830. The van der Waals surface area contributed by atoms with Crippen LogP contribution in [0.2, 0.25) is 0 Å². The van der Waals surface area contributed by atoms with Crippen molar-refractivity contribution in [3.63, 3.8) is 0 Å². The van der Waals surface area contributed by atoms with Gasteiger partial charge in [0, 0.05) is 17.4 Å². The number of alkyl halides is 1. The van der Waals surface area contributed by atoms with E-state index in [1.54, 1.807) is 0 Å². The molecular weight excluding hydrogens is 314 g/mol. The van der Waals surface area contributed by atoms with E-state index < -0.39 is 0 Å². The van der Waals surface area contributed by atoms with E-state index >= 15 is 0 Å². The molecule has 1 aliphatic carbocycles. The zero-order valence-corrected chi connectivity index (χ0v) is 13.6. The monoisotopic (exact) mass is 337 g/mol. The molecule has 1 aliphatic rings. The van der Waals surface area contributed by atoms with Crippen LogP contribution in [-0.4, -0.2) is 11.2 Å². The third-order valence-corrected chi connectivity index (χ3v) is 4.62. The highest BCUT2D eigenvalue weighted by atomic mass is 79.9. The summed E-state index contributed by atoms with van der Waals surface area (Å²) in [5.41, 5.74) is 2.23. The molecule has 1 saturated carbocycles. The fraction of sp³-hybridized carbons (Fsp3) is 0.588. The summed E-state index contributed by atoms with van der Waals surface area (Å²) in [5.74, 6) is 0.945. The molecule has 0 atom stereocenters. The van der Waals surface area contributed by atoms with Crippen LogP contribution in [0.25, 0.3) is 0 Å². The third-order valence-electron chi connectivity index (χ3n) is 4.06. The Kier molecular flexibility index (Phi) is 6.58. The van der Waals surface area contributed by atoms with Crippen molar-refractivity contribution >= 4 is 27.5 Å². The van der Waals surface area contributed by atoms with Crippen LogP contribution in [0, 0.1) is 5.92 Å². The summed E-state index contributed by atoms with van der Waals surface area (Å²) in [5, 5.41) is 4.05. The van der Waals surface area contributed by atoms with Gasteiger partial charge in [-0.2, -0.15) is 0 Å². The zero-order chi connectivity index (χ0) is 14.2. The van der Waals surface area contributed by atoms with Gasteiger partial charge in [-0.3, -0.25) is 4.79 Å². The average Bonchev–Trinajstić information content (AvgIpc) is 2.97. The normalized spacial score (nSPS) is 15.4. The molecule has 0 heterocycles. The molecule has 0 spiro atoms. The first-order valence-electron chi connectivity index (χ1n) is 7.72. The van der Waals surface area contributed by atoms with Crippen molar-refractivity contribution in [1.29, 1.82) is 0 Å². The minimum Gasteiger partial charge on any atom is -0.326 e. The molecular formula is C17H24BrNO. The number of benzene rings is 1. The van der Waals surface area contributed by atoms with Crippen molar-refractivity contribution in [3.05, 3.63) is 29.8 Å². The van der Waals surface area contributed by atoms with Crippen molar-refractivity contribution in [1.82, 2.24) is 0 Å². The van der Waals surface area contributed by atoms with E-state index in [4.69, 9.17) is 0 Å². The summed E-state index contributed by atoms with van der Waals surface area (Å²) in [6, 6.07) is 8.22. The molecule has 0 unspecified atom stereocenters. The van der Waals surface area contributed by atoms with Crippen LogP contribution in [0.4, 0.5) is 5.69 Å². The summed E-state index contributed by atoms with van der Waals surface area (Å²) < 4.78 is 0. The van der Waals surface area contributed by atoms with Gasteiger partial charge in [-0.1, -0.05) is 53.7 Å². The van der Waals surface area contributed by atoms with Crippen molar-refractivity contribution in [2.75, 3.05) is 10.6 Å².